The van der Waals surface area contributed by atoms with Crippen molar-refractivity contribution >= 4 is 5.91 Å². The summed E-state index contributed by atoms with van der Waals surface area (Å²) in [5.74, 6) is 1.36. The Labute approximate surface area is 130 Å². The second-order valence-electron chi connectivity index (χ2n) is 6.31. The molecule has 0 spiro atoms. The first-order valence-corrected chi connectivity index (χ1v) is 8.25. The van der Waals surface area contributed by atoms with Crippen molar-refractivity contribution in [3.8, 4) is 11.5 Å². The van der Waals surface area contributed by atoms with Gasteiger partial charge in [-0.25, -0.2) is 0 Å². The minimum absolute atomic E-state index is 0.0715. The maximum absolute atomic E-state index is 12.8. The molecule has 3 heterocycles. The highest BCUT2D eigenvalue weighted by Crippen LogP contribution is 2.36. The molecule has 22 heavy (non-hydrogen) atoms. The second-order valence-corrected chi connectivity index (χ2v) is 6.31. The summed E-state index contributed by atoms with van der Waals surface area (Å²) in [5, 5.41) is 0. The van der Waals surface area contributed by atoms with Crippen molar-refractivity contribution in [2.75, 3.05) is 33.0 Å². The van der Waals surface area contributed by atoms with Gasteiger partial charge in [-0.1, -0.05) is 6.07 Å². The van der Waals surface area contributed by atoms with E-state index in [9.17, 15) is 4.79 Å². The molecule has 1 amide bonds. The fourth-order valence-electron chi connectivity index (χ4n) is 3.81. The average molecular weight is 302 g/mol. The summed E-state index contributed by atoms with van der Waals surface area (Å²) in [5.41, 5.74) is 0.634. The lowest BCUT2D eigenvalue weighted by atomic mass is 10.0. The molecule has 1 aromatic carbocycles. The fraction of sp³-hybridized carbons (Fsp3) is 0.588. The number of amides is 1. The summed E-state index contributed by atoms with van der Waals surface area (Å²) in [6, 6.07) is 6.20. The van der Waals surface area contributed by atoms with Crippen LogP contribution in [-0.2, 0) is 0 Å². The third-order valence-corrected chi connectivity index (χ3v) is 5.04. The number of para-hydroxylation sites is 1. The van der Waals surface area contributed by atoms with Gasteiger partial charge in [0.05, 0.1) is 5.56 Å². The molecule has 2 saturated heterocycles. The van der Waals surface area contributed by atoms with Crippen molar-refractivity contribution in [2.24, 2.45) is 0 Å². The topological polar surface area (TPSA) is 42.0 Å². The van der Waals surface area contributed by atoms with Crippen LogP contribution in [0.5, 0.6) is 11.5 Å². The number of piperidine rings is 1. The normalized spacial score (nSPS) is 22.3. The van der Waals surface area contributed by atoms with Crippen molar-refractivity contribution in [2.45, 2.75) is 31.7 Å². The Kier molecular flexibility index (Phi) is 3.66. The van der Waals surface area contributed by atoms with Gasteiger partial charge in [0.25, 0.3) is 5.91 Å². The minimum Gasteiger partial charge on any atom is -0.454 e. The predicted molar refractivity (Wildman–Crippen MR) is 82.3 cm³/mol. The van der Waals surface area contributed by atoms with Gasteiger partial charge in [0.15, 0.2) is 11.5 Å². The molecule has 2 fully saturated rings. The molecule has 5 heteroatoms. The molecule has 0 aliphatic carbocycles. The fourth-order valence-corrected chi connectivity index (χ4v) is 3.81. The van der Waals surface area contributed by atoms with Crippen LogP contribution in [0.15, 0.2) is 18.2 Å². The minimum atomic E-state index is 0.0715. The van der Waals surface area contributed by atoms with E-state index in [1.165, 1.54) is 25.9 Å². The molecule has 0 N–H and O–H groups in total. The highest BCUT2D eigenvalue weighted by molar-refractivity contribution is 5.98. The van der Waals surface area contributed by atoms with Gasteiger partial charge < -0.3 is 19.3 Å². The molecule has 3 aliphatic heterocycles. The third-order valence-electron chi connectivity index (χ3n) is 5.04. The molecule has 0 radical (unpaired) electrons. The third kappa shape index (κ3) is 2.43. The predicted octanol–water partition coefficient (Wildman–Crippen LogP) is 2.12. The van der Waals surface area contributed by atoms with Gasteiger partial charge in [0.2, 0.25) is 6.79 Å². The zero-order chi connectivity index (χ0) is 14.9. The van der Waals surface area contributed by atoms with E-state index < -0.39 is 0 Å². The molecular weight excluding hydrogens is 280 g/mol. The van der Waals surface area contributed by atoms with Gasteiger partial charge >= 0.3 is 0 Å². The number of hydrogen-bond donors (Lipinski definition) is 0. The zero-order valence-corrected chi connectivity index (χ0v) is 12.8. The van der Waals surface area contributed by atoms with Crippen LogP contribution in [0.25, 0.3) is 0 Å². The van der Waals surface area contributed by atoms with E-state index in [-0.39, 0.29) is 12.7 Å². The molecule has 0 bridgehead atoms. The molecular formula is C17H22N2O3. The van der Waals surface area contributed by atoms with Gasteiger partial charge in [0, 0.05) is 19.1 Å². The second kappa shape index (κ2) is 5.80. The summed E-state index contributed by atoms with van der Waals surface area (Å²) >= 11 is 0. The summed E-state index contributed by atoms with van der Waals surface area (Å²) in [6.45, 7) is 4.34. The van der Waals surface area contributed by atoms with Crippen LogP contribution in [0.2, 0.25) is 0 Å². The van der Waals surface area contributed by atoms with E-state index in [4.69, 9.17) is 9.47 Å². The first-order chi connectivity index (χ1) is 10.8. The van der Waals surface area contributed by atoms with Gasteiger partial charge in [0.1, 0.15) is 0 Å². The molecule has 0 unspecified atom stereocenters. The van der Waals surface area contributed by atoms with E-state index in [0.717, 1.165) is 25.9 Å². The summed E-state index contributed by atoms with van der Waals surface area (Å²) in [6.07, 6.45) is 4.81. The first kappa shape index (κ1) is 13.9. The Bertz CT molecular complexity index is 561. The molecule has 0 saturated carbocycles. The Morgan fingerprint density at radius 1 is 1.05 bits per heavy atom. The zero-order valence-electron chi connectivity index (χ0n) is 12.8. The number of fused-ring (bicyclic) bond motifs is 1. The van der Waals surface area contributed by atoms with E-state index in [2.05, 4.69) is 4.90 Å². The number of likely N-dealkylation sites (tertiary alicyclic amines) is 2. The standard InChI is InChI=1S/C17H22N2O3/c20-17(14-4-3-5-15-16(14)22-12-21-15)19-10-6-13(7-11-19)18-8-1-2-9-18/h3-5,13H,1-2,6-12H2. The number of carbonyl (C=O) groups excluding carboxylic acids is 1. The van der Waals surface area contributed by atoms with Crippen molar-refractivity contribution in [1.82, 2.24) is 9.80 Å². The van der Waals surface area contributed by atoms with Gasteiger partial charge in [-0.15, -0.1) is 0 Å². The van der Waals surface area contributed by atoms with Crippen LogP contribution >= 0.6 is 0 Å². The lowest BCUT2D eigenvalue weighted by molar-refractivity contribution is 0.0640. The molecule has 4 rings (SSSR count). The Balaban J connectivity index is 1.43. The van der Waals surface area contributed by atoms with E-state index in [1.807, 2.05) is 23.1 Å². The summed E-state index contributed by atoms with van der Waals surface area (Å²) < 4.78 is 10.8. The smallest absolute Gasteiger partial charge is 0.257 e. The highest BCUT2D eigenvalue weighted by atomic mass is 16.7. The molecule has 5 nitrogen and oxygen atoms in total. The maximum atomic E-state index is 12.8. The monoisotopic (exact) mass is 302 g/mol. The highest BCUT2D eigenvalue weighted by Gasteiger charge is 2.31. The van der Waals surface area contributed by atoms with Gasteiger partial charge in [-0.3, -0.25) is 4.79 Å². The number of nitrogens with zero attached hydrogens (tertiary/aromatic N) is 2. The maximum Gasteiger partial charge on any atom is 0.257 e. The Morgan fingerprint density at radius 3 is 2.59 bits per heavy atom. The molecule has 118 valence electrons. The largest absolute Gasteiger partial charge is 0.454 e. The lowest BCUT2D eigenvalue weighted by Crippen LogP contribution is -2.45. The SMILES string of the molecule is O=C(c1cccc2c1OCO2)N1CCC(N2CCCC2)CC1. The number of ether oxygens (including phenoxy) is 2. The summed E-state index contributed by atoms with van der Waals surface area (Å²) in [7, 11) is 0. The van der Waals surface area contributed by atoms with Crippen molar-refractivity contribution in [1.29, 1.82) is 0 Å². The number of hydrogen-bond acceptors (Lipinski definition) is 4. The van der Waals surface area contributed by atoms with Gasteiger partial charge in [-0.2, -0.15) is 0 Å². The van der Waals surface area contributed by atoms with E-state index in [0.29, 0.717) is 23.1 Å². The van der Waals surface area contributed by atoms with Crippen LogP contribution in [0.1, 0.15) is 36.0 Å². The lowest BCUT2D eigenvalue weighted by Gasteiger charge is -2.36. The molecule has 0 atom stereocenters. The molecule has 3 aliphatic rings. The van der Waals surface area contributed by atoms with Crippen LogP contribution < -0.4 is 9.47 Å². The van der Waals surface area contributed by atoms with Crippen molar-refractivity contribution in [3.63, 3.8) is 0 Å². The average Bonchev–Trinajstić information content (AvgIpc) is 3.25. The number of benzene rings is 1. The van der Waals surface area contributed by atoms with Crippen molar-refractivity contribution in [3.05, 3.63) is 23.8 Å². The Hall–Kier alpha value is -1.75. The van der Waals surface area contributed by atoms with Crippen molar-refractivity contribution < 1.29 is 14.3 Å². The molecule has 1 aromatic rings. The van der Waals surface area contributed by atoms with E-state index >= 15 is 0 Å². The Morgan fingerprint density at radius 2 is 1.82 bits per heavy atom. The number of carbonyl (C=O) groups is 1. The van der Waals surface area contributed by atoms with Crippen LogP contribution in [0, 0.1) is 0 Å². The van der Waals surface area contributed by atoms with Gasteiger partial charge in [-0.05, 0) is 50.9 Å². The van der Waals surface area contributed by atoms with Crippen LogP contribution in [0.3, 0.4) is 0 Å². The van der Waals surface area contributed by atoms with Crippen LogP contribution in [0.4, 0.5) is 0 Å². The number of rotatable bonds is 2. The van der Waals surface area contributed by atoms with E-state index in [1.54, 1.807) is 0 Å². The molecule has 0 aromatic heterocycles. The van der Waals surface area contributed by atoms with Crippen LogP contribution in [-0.4, -0.2) is 54.7 Å². The quantitative estimate of drug-likeness (QED) is 0.839. The first-order valence-electron chi connectivity index (χ1n) is 8.25. The summed E-state index contributed by atoms with van der Waals surface area (Å²) in [4.78, 5) is 17.3.